The van der Waals surface area contributed by atoms with Crippen LogP contribution in [0.4, 0.5) is 5.69 Å². The molecule has 0 aromatic heterocycles. The Balaban J connectivity index is 1.54. The Morgan fingerprint density at radius 1 is 0.821 bits per heavy atom. The van der Waals surface area contributed by atoms with Crippen LogP contribution in [-0.2, 0) is 4.79 Å². The highest BCUT2D eigenvalue weighted by atomic mass is 16.5. The molecule has 0 saturated heterocycles. The first-order valence-corrected chi connectivity index (χ1v) is 8.43. The van der Waals surface area contributed by atoms with Crippen molar-refractivity contribution in [3.63, 3.8) is 0 Å². The molecule has 0 fully saturated rings. The standard InChI is InChI=1S/C21H18N2O5/c24-16-6-4-14(5-7-16)21(27)22-13-20(26)23-15-2-1-3-19(12-15)28-18-10-8-17(25)9-11-18/h1-12,24-25H,13H2,(H,22,27)(H,23,26). The summed E-state index contributed by atoms with van der Waals surface area (Å²) in [5.74, 6) is 0.443. The van der Waals surface area contributed by atoms with Crippen molar-refractivity contribution in [1.82, 2.24) is 5.32 Å². The molecule has 0 aliphatic carbocycles. The number of rotatable bonds is 6. The fourth-order valence-electron chi connectivity index (χ4n) is 2.37. The number of amides is 2. The molecule has 0 radical (unpaired) electrons. The highest BCUT2D eigenvalue weighted by molar-refractivity contribution is 5.99. The van der Waals surface area contributed by atoms with E-state index in [4.69, 9.17) is 4.74 Å². The van der Waals surface area contributed by atoms with Gasteiger partial charge in [-0.05, 0) is 60.7 Å². The van der Waals surface area contributed by atoms with E-state index >= 15 is 0 Å². The van der Waals surface area contributed by atoms with Crippen molar-refractivity contribution in [3.05, 3.63) is 78.4 Å². The van der Waals surface area contributed by atoms with Crippen molar-refractivity contribution in [2.75, 3.05) is 11.9 Å². The summed E-state index contributed by atoms with van der Waals surface area (Å²) >= 11 is 0. The minimum atomic E-state index is -0.417. The van der Waals surface area contributed by atoms with Gasteiger partial charge in [0.2, 0.25) is 5.91 Å². The van der Waals surface area contributed by atoms with E-state index < -0.39 is 11.8 Å². The fourth-order valence-corrected chi connectivity index (χ4v) is 2.37. The van der Waals surface area contributed by atoms with Crippen molar-refractivity contribution < 1.29 is 24.5 Å². The average Bonchev–Trinajstić information content (AvgIpc) is 2.69. The Morgan fingerprint density at radius 3 is 2.14 bits per heavy atom. The van der Waals surface area contributed by atoms with Crippen molar-refractivity contribution in [2.24, 2.45) is 0 Å². The number of hydrogen-bond donors (Lipinski definition) is 4. The number of carbonyl (C=O) groups is 2. The van der Waals surface area contributed by atoms with E-state index in [-0.39, 0.29) is 18.0 Å². The lowest BCUT2D eigenvalue weighted by Gasteiger charge is -2.10. The van der Waals surface area contributed by atoms with Gasteiger partial charge in [0.05, 0.1) is 6.54 Å². The van der Waals surface area contributed by atoms with Crippen LogP contribution in [-0.4, -0.2) is 28.6 Å². The topological polar surface area (TPSA) is 108 Å². The van der Waals surface area contributed by atoms with Crippen LogP contribution in [0, 0.1) is 0 Å². The maximum Gasteiger partial charge on any atom is 0.251 e. The van der Waals surface area contributed by atoms with Crippen LogP contribution in [0.2, 0.25) is 0 Å². The molecule has 3 rings (SSSR count). The zero-order chi connectivity index (χ0) is 19.9. The summed E-state index contributed by atoms with van der Waals surface area (Å²) in [6.07, 6.45) is 0. The van der Waals surface area contributed by atoms with Gasteiger partial charge < -0.3 is 25.6 Å². The second kappa shape index (κ2) is 8.59. The minimum absolute atomic E-state index is 0.0590. The zero-order valence-electron chi connectivity index (χ0n) is 14.8. The molecule has 0 bridgehead atoms. The average molecular weight is 378 g/mol. The van der Waals surface area contributed by atoms with E-state index in [1.807, 2.05) is 0 Å². The van der Waals surface area contributed by atoms with Gasteiger partial charge in [-0.1, -0.05) is 6.07 Å². The lowest BCUT2D eigenvalue weighted by molar-refractivity contribution is -0.115. The number of anilines is 1. The van der Waals surface area contributed by atoms with E-state index in [0.29, 0.717) is 22.7 Å². The summed E-state index contributed by atoms with van der Waals surface area (Å²) in [5, 5.41) is 23.7. The molecule has 3 aromatic rings. The lowest BCUT2D eigenvalue weighted by Crippen LogP contribution is -2.32. The minimum Gasteiger partial charge on any atom is -0.508 e. The molecule has 0 heterocycles. The molecule has 0 unspecified atom stereocenters. The quantitative estimate of drug-likeness (QED) is 0.527. The normalized spacial score (nSPS) is 10.1. The Kier molecular flexibility index (Phi) is 5.76. The van der Waals surface area contributed by atoms with Crippen LogP contribution in [0.25, 0.3) is 0 Å². The molecular weight excluding hydrogens is 360 g/mol. The number of carbonyl (C=O) groups excluding carboxylic acids is 2. The van der Waals surface area contributed by atoms with E-state index in [0.717, 1.165) is 0 Å². The van der Waals surface area contributed by atoms with Crippen LogP contribution in [0.15, 0.2) is 72.8 Å². The Labute approximate surface area is 161 Å². The molecule has 0 atom stereocenters. The Hall–Kier alpha value is -4.00. The van der Waals surface area contributed by atoms with Gasteiger partial charge in [-0.25, -0.2) is 0 Å². The van der Waals surface area contributed by atoms with Crippen molar-refractivity contribution in [2.45, 2.75) is 0 Å². The Bertz CT molecular complexity index is 969. The molecule has 7 nitrogen and oxygen atoms in total. The van der Waals surface area contributed by atoms with Crippen LogP contribution in [0.3, 0.4) is 0 Å². The number of aromatic hydroxyl groups is 2. The molecule has 2 amide bonds. The summed E-state index contributed by atoms with van der Waals surface area (Å²) in [7, 11) is 0. The number of phenols is 2. The third-order valence-electron chi connectivity index (χ3n) is 3.73. The molecule has 7 heteroatoms. The molecule has 4 N–H and O–H groups in total. The third-order valence-corrected chi connectivity index (χ3v) is 3.73. The summed E-state index contributed by atoms with van der Waals surface area (Å²) in [5.41, 5.74) is 0.857. The maximum atomic E-state index is 12.1. The van der Waals surface area contributed by atoms with Crippen LogP contribution in [0.5, 0.6) is 23.0 Å². The van der Waals surface area contributed by atoms with E-state index in [1.165, 1.54) is 36.4 Å². The largest absolute Gasteiger partial charge is 0.508 e. The molecule has 0 spiro atoms. The smallest absolute Gasteiger partial charge is 0.251 e. The van der Waals surface area contributed by atoms with Crippen molar-refractivity contribution in [3.8, 4) is 23.0 Å². The van der Waals surface area contributed by atoms with Gasteiger partial charge in [-0.2, -0.15) is 0 Å². The molecule has 0 saturated carbocycles. The van der Waals surface area contributed by atoms with Crippen molar-refractivity contribution in [1.29, 1.82) is 0 Å². The monoisotopic (exact) mass is 378 g/mol. The van der Waals surface area contributed by atoms with Gasteiger partial charge in [0, 0.05) is 17.3 Å². The Morgan fingerprint density at radius 2 is 1.46 bits per heavy atom. The number of hydrogen-bond acceptors (Lipinski definition) is 5. The first-order chi connectivity index (χ1) is 13.5. The molecule has 28 heavy (non-hydrogen) atoms. The number of ether oxygens (including phenoxy) is 1. The zero-order valence-corrected chi connectivity index (χ0v) is 14.8. The second-order valence-corrected chi connectivity index (χ2v) is 5.90. The van der Waals surface area contributed by atoms with E-state index in [9.17, 15) is 19.8 Å². The first kappa shape index (κ1) is 18.8. The van der Waals surface area contributed by atoms with E-state index in [2.05, 4.69) is 10.6 Å². The molecule has 3 aromatic carbocycles. The predicted molar refractivity (Wildman–Crippen MR) is 104 cm³/mol. The number of benzene rings is 3. The predicted octanol–water partition coefficient (Wildman–Crippen LogP) is 3.26. The van der Waals surface area contributed by atoms with E-state index in [1.54, 1.807) is 36.4 Å². The van der Waals surface area contributed by atoms with Crippen LogP contribution >= 0.6 is 0 Å². The summed E-state index contributed by atoms with van der Waals surface area (Å²) in [6, 6.07) is 18.8. The van der Waals surface area contributed by atoms with Gasteiger partial charge in [-0.15, -0.1) is 0 Å². The van der Waals surface area contributed by atoms with Gasteiger partial charge >= 0.3 is 0 Å². The molecule has 0 aliphatic heterocycles. The molecule has 142 valence electrons. The van der Waals surface area contributed by atoms with Crippen LogP contribution < -0.4 is 15.4 Å². The van der Waals surface area contributed by atoms with Gasteiger partial charge in [-0.3, -0.25) is 9.59 Å². The summed E-state index contributed by atoms with van der Waals surface area (Å²) < 4.78 is 5.67. The molecule has 0 aliphatic rings. The number of nitrogens with one attached hydrogen (secondary N) is 2. The maximum absolute atomic E-state index is 12.1. The summed E-state index contributed by atoms with van der Waals surface area (Å²) in [4.78, 5) is 24.1. The van der Waals surface area contributed by atoms with Crippen LogP contribution in [0.1, 0.15) is 10.4 Å². The fraction of sp³-hybridized carbons (Fsp3) is 0.0476. The summed E-state index contributed by atoms with van der Waals surface area (Å²) in [6.45, 7) is -0.206. The molecular formula is C21H18N2O5. The van der Waals surface area contributed by atoms with Gasteiger partial charge in [0.15, 0.2) is 0 Å². The lowest BCUT2D eigenvalue weighted by atomic mass is 10.2. The third kappa shape index (κ3) is 5.25. The number of phenolic OH excluding ortho intramolecular Hbond substituents is 2. The highest BCUT2D eigenvalue weighted by Crippen LogP contribution is 2.25. The first-order valence-electron chi connectivity index (χ1n) is 8.43. The van der Waals surface area contributed by atoms with Crippen molar-refractivity contribution >= 4 is 17.5 Å². The SMILES string of the molecule is O=C(CNC(=O)c1ccc(O)cc1)Nc1cccc(Oc2ccc(O)cc2)c1. The van der Waals surface area contributed by atoms with Gasteiger partial charge in [0.25, 0.3) is 5.91 Å². The van der Waals surface area contributed by atoms with Gasteiger partial charge in [0.1, 0.15) is 23.0 Å². The highest BCUT2D eigenvalue weighted by Gasteiger charge is 2.09. The second-order valence-electron chi connectivity index (χ2n) is 5.90.